The number of aliphatic hydroxyl groups excluding tert-OH is 1. The summed E-state index contributed by atoms with van der Waals surface area (Å²) in [6.07, 6.45) is 47.1. The Kier molecular flexibility index (Phi) is 62.2. The molecule has 17 nitrogen and oxygen atoms in total. The maximum absolute atomic E-state index is 13.1. The zero-order valence-electron chi connectivity index (χ0n) is 60.9. The molecule has 0 amide bonds. The third-order valence-corrected chi connectivity index (χ3v) is 19.0. The molecule has 0 aliphatic rings. The highest BCUT2D eigenvalue weighted by molar-refractivity contribution is 7.47. The van der Waals surface area contributed by atoms with E-state index in [9.17, 15) is 43.2 Å². The van der Waals surface area contributed by atoms with Crippen molar-refractivity contribution < 1.29 is 80.2 Å². The Bertz CT molecular complexity index is 1830. The lowest BCUT2D eigenvalue weighted by atomic mass is 10.0. The molecule has 0 heterocycles. The van der Waals surface area contributed by atoms with Gasteiger partial charge in [-0.25, -0.2) is 9.13 Å². The first-order valence-corrected chi connectivity index (χ1v) is 41.2. The fraction of sp³-hybridized carbons (Fsp3) is 0.946. The smallest absolute Gasteiger partial charge is 0.462 e. The van der Waals surface area contributed by atoms with Crippen molar-refractivity contribution in [1.29, 1.82) is 0 Å². The first-order valence-electron chi connectivity index (χ1n) is 38.2. The first-order chi connectivity index (χ1) is 44.6. The Morgan fingerprint density at radius 3 is 0.667 bits per heavy atom. The molecule has 0 aromatic rings. The molecule has 0 saturated heterocycles. The Labute approximate surface area is 568 Å². The van der Waals surface area contributed by atoms with Crippen molar-refractivity contribution in [3.05, 3.63) is 0 Å². The lowest BCUT2D eigenvalue weighted by molar-refractivity contribution is -0.161. The van der Waals surface area contributed by atoms with Crippen LogP contribution in [0, 0.1) is 23.7 Å². The highest BCUT2D eigenvalue weighted by atomic mass is 31.2. The number of esters is 4. The van der Waals surface area contributed by atoms with Gasteiger partial charge in [0.25, 0.3) is 0 Å². The minimum atomic E-state index is -4.96. The van der Waals surface area contributed by atoms with Crippen molar-refractivity contribution in [2.75, 3.05) is 39.6 Å². The maximum atomic E-state index is 13.1. The number of aliphatic hydroxyl groups is 1. The number of hydrogen-bond donors (Lipinski definition) is 3. The molecule has 0 spiro atoms. The number of rotatable bonds is 71. The van der Waals surface area contributed by atoms with Crippen molar-refractivity contribution in [3.8, 4) is 0 Å². The summed E-state index contributed by atoms with van der Waals surface area (Å²) in [5.41, 5.74) is 0. The molecule has 0 aromatic heterocycles. The lowest BCUT2D eigenvalue weighted by Gasteiger charge is -2.21. The normalized spacial score (nSPS) is 14.2. The van der Waals surface area contributed by atoms with Crippen LogP contribution in [0.4, 0.5) is 0 Å². The lowest BCUT2D eigenvalue weighted by Crippen LogP contribution is -2.30. The molecule has 0 fully saturated rings. The number of unbranched alkanes of at least 4 members (excludes halogenated alkanes) is 37. The minimum absolute atomic E-state index is 0.104. The molecular weight excluding hydrogens is 1220 g/mol. The molecule has 2 unspecified atom stereocenters. The van der Waals surface area contributed by atoms with E-state index in [2.05, 4.69) is 55.4 Å². The molecule has 19 heteroatoms. The Hall–Kier alpha value is -1.94. The Morgan fingerprint density at radius 1 is 0.269 bits per heavy atom. The average Bonchev–Trinajstić information content (AvgIpc) is 1.48. The van der Waals surface area contributed by atoms with Crippen molar-refractivity contribution >= 4 is 39.5 Å². The summed E-state index contributed by atoms with van der Waals surface area (Å²) in [5.74, 6) is 0.905. The molecule has 552 valence electrons. The minimum Gasteiger partial charge on any atom is -0.462 e. The zero-order chi connectivity index (χ0) is 68.9. The molecule has 0 aromatic carbocycles. The number of phosphoric ester groups is 2. The number of ether oxygens (including phenoxy) is 4. The molecule has 0 rings (SSSR count). The van der Waals surface area contributed by atoms with Crippen LogP contribution in [0.2, 0.25) is 0 Å². The summed E-state index contributed by atoms with van der Waals surface area (Å²) < 4.78 is 68.5. The van der Waals surface area contributed by atoms with Gasteiger partial charge in [0.15, 0.2) is 12.2 Å². The maximum Gasteiger partial charge on any atom is 0.472 e. The summed E-state index contributed by atoms with van der Waals surface area (Å²) in [6, 6.07) is 0. The van der Waals surface area contributed by atoms with Gasteiger partial charge in [-0.2, -0.15) is 0 Å². The fourth-order valence-electron chi connectivity index (χ4n) is 11.2. The molecule has 5 atom stereocenters. The summed E-state index contributed by atoms with van der Waals surface area (Å²) in [7, 11) is -9.91. The highest BCUT2D eigenvalue weighted by Crippen LogP contribution is 2.45. The topological polar surface area (TPSA) is 237 Å². The van der Waals surface area contributed by atoms with Gasteiger partial charge in [-0.3, -0.25) is 37.3 Å². The number of phosphoric acid groups is 2. The van der Waals surface area contributed by atoms with Gasteiger partial charge in [0, 0.05) is 25.7 Å². The Balaban J connectivity index is 5.27. The standard InChI is InChI=1S/C74H144O17P2/c1-64(2)50-42-34-26-18-12-9-10-14-23-32-40-48-56-73(78)90-69(60-84-71(76)54-46-38-30-22-15-11-13-19-27-35-43-51-65(3)4)62-88-92(80,81)86-58-68(75)59-87-93(82,83)89-63-70(91-74(79)57-49-41-33-25-17-21-29-37-45-53-67(7)8)61-85-72(77)55-47-39-31-24-16-20-28-36-44-52-66(5)6/h64-70,75H,9-63H2,1-8H3,(H,80,81)(H,82,83)/t68-,69-,70-/m1/s1. The van der Waals surface area contributed by atoms with E-state index in [1.54, 1.807) is 0 Å². The third-order valence-electron chi connectivity index (χ3n) is 17.1. The monoisotopic (exact) mass is 1370 g/mol. The van der Waals surface area contributed by atoms with Gasteiger partial charge >= 0.3 is 39.5 Å². The fourth-order valence-corrected chi connectivity index (χ4v) is 12.8. The second-order valence-corrected chi connectivity index (χ2v) is 31.5. The van der Waals surface area contributed by atoms with Crippen LogP contribution in [0.3, 0.4) is 0 Å². The van der Waals surface area contributed by atoms with Gasteiger partial charge in [0.2, 0.25) is 0 Å². The summed E-state index contributed by atoms with van der Waals surface area (Å²) in [4.78, 5) is 72.8. The van der Waals surface area contributed by atoms with Gasteiger partial charge < -0.3 is 33.8 Å². The van der Waals surface area contributed by atoms with Crippen LogP contribution in [0.15, 0.2) is 0 Å². The van der Waals surface area contributed by atoms with E-state index in [4.69, 9.17) is 37.0 Å². The second kappa shape index (κ2) is 63.5. The van der Waals surface area contributed by atoms with Crippen LogP contribution < -0.4 is 0 Å². The molecule has 3 N–H and O–H groups in total. The van der Waals surface area contributed by atoms with E-state index in [0.717, 1.165) is 114 Å². The van der Waals surface area contributed by atoms with E-state index in [0.29, 0.717) is 25.7 Å². The summed E-state index contributed by atoms with van der Waals surface area (Å²) in [5, 5.41) is 10.6. The van der Waals surface area contributed by atoms with Crippen molar-refractivity contribution in [2.24, 2.45) is 23.7 Å². The van der Waals surface area contributed by atoms with E-state index < -0.39 is 97.5 Å². The first kappa shape index (κ1) is 91.1. The van der Waals surface area contributed by atoms with Gasteiger partial charge in [0.05, 0.1) is 26.4 Å². The largest absolute Gasteiger partial charge is 0.472 e. The van der Waals surface area contributed by atoms with E-state index in [1.165, 1.54) is 173 Å². The van der Waals surface area contributed by atoms with Crippen molar-refractivity contribution in [3.63, 3.8) is 0 Å². The van der Waals surface area contributed by atoms with Crippen LogP contribution in [0.1, 0.15) is 370 Å². The molecule has 0 saturated carbocycles. The molecule has 0 aliphatic carbocycles. The quantitative estimate of drug-likeness (QED) is 0.0222. The molecular formula is C74H144O17P2. The molecule has 0 aliphatic heterocycles. The van der Waals surface area contributed by atoms with E-state index >= 15 is 0 Å². The van der Waals surface area contributed by atoms with Crippen LogP contribution in [-0.2, 0) is 65.4 Å². The van der Waals surface area contributed by atoms with Gasteiger partial charge in [-0.1, -0.05) is 319 Å². The average molecular weight is 1370 g/mol. The SMILES string of the molecule is CC(C)CCCCCCCCCCCCCCC(=O)O[C@H](COC(=O)CCCCCCCCCCCCCC(C)C)COP(=O)(O)OC[C@@H](O)COP(=O)(O)OC[C@@H](COC(=O)CCCCCCCCCCCC(C)C)OC(=O)CCCCCCCCCCCC(C)C. The van der Waals surface area contributed by atoms with Crippen LogP contribution >= 0.6 is 15.6 Å². The molecule has 0 bridgehead atoms. The number of carbonyl (C=O) groups is 4. The summed E-state index contributed by atoms with van der Waals surface area (Å²) in [6.45, 7) is 14.2. The van der Waals surface area contributed by atoms with E-state index in [-0.39, 0.29) is 25.7 Å². The van der Waals surface area contributed by atoms with Crippen molar-refractivity contribution in [2.45, 2.75) is 388 Å². The predicted molar refractivity (Wildman–Crippen MR) is 377 cm³/mol. The Morgan fingerprint density at radius 2 is 0.452 bits per heavy atom. The number of hydrogen-bond acceptors (Lipinski definition) is 15. The van der Waals surface area contributed by atoms with Crippen LogP contribution in [0.5, 0.6) is 0 Å². The van der Waals surface area contributed by atoms with Gasteiger partial charge in [-0.15, -0.1) is 0 Å². The second-order valence-electron chi connectivity index (χ2n) is 28.6. The van der Waals surface area contributed by atoms with Gasteiger partial charge in [0.1, 0.15) is 19.3 Å². The van der Waals surface area contributed by atoms with Crippen molar-refractivity contribution in [1.82, 2.24) is 0 Å². The molecule has 0 radical (unpaired) electrons. The third kappa shape index (κ3) is 68.4. The van der Waals surface area contributed by atoms with Crippen LogP contribution in [-0.4, -0.2) is 96.7 Å². The highest BCUT2D eigenvalue weighted by Gasteiger charge is 2.30. The predicted octanol–water partition coefficient (Wildman–Crippen LogP) is 21.3. The van der Waals surface area contributed by atoms with Crippen LogP contribution in [0.25, 0.3) is 0 Å². The summed E-state index contributed by atoms with van der Waals surface area (Å²) >= 11 is 0. The van der Waals surface area contributed by atoms with Gasteiger partial charge in [-0.05, 0) is 49.4 Å². The molecule has 93 heavy (non-hydrogen) atoms. The number of carbonyl (C=O) groups excluding carboxylic acids is 4. The zero-order valence-corrected chi connectivity index (χ0v) is 62.7. The van der Waals surface area contributed by atoms with E-state index in [1.807, 2.05) is 0 Å².